The van der Waals surface area contributed by atoms with Gasteiger partial charge >= 0.3 is 0 Å². The van der Waals surface area contributed by atoms with E-state index in [0.717, 1.165) is 5.56 Å². The van der Waals surface area contributed by atoms with Crippen LogP contribution in [0, 0.1) is 5.82 Å². The van der Waals surface area contributed by atoms with Gasteiger partial charge in [-0.05, 0) is 24.0 Å². The molecule has 22 heavy (non-hydrogen) atoms. The molecule has 1 atom stereocenters. The molecule has 1 aromatic rings. The summed E-state index contributed by atoms with van der Waals surface area (Å²) in [5.74, 6) is -1.62. The number of rotatable bonds is 2. The highest BCUT2D eigenvalue weighted by molar-refractivity contribution is 6.06. The van der Waals surface area contributed by atoms with Crippen LogP contribution in [0.2, 0.25) is 0 Å². The Hall–Kier alpha value is -2.24. The summed E-state index contributed by atoms with van der Waals surface area (Å²) in [6.07, 6.45) is 0.520. The van der Waals surface area contributed by atoms with Crippen LogP contribution >= 0.6 is 0 Å². The smallest absolute Gasteiger partial charge is 0.255 e. The predicted octanol–water partition coefficient (Wildman–Crippen LogP) is 1.71. The third-order valence-corrected chi connectivity index (χ3v) is 4.26. The van der Waals surface area contributed by atoms with Gasteiger partial charge in [0.1, 0.15) is 11.9 Å². The molecule has 3 rings (SSSR count). The van der Waals surface area contributed by atoms with E-state index in [1.165, 1.54) is 11.0 Å². The molecular weight excluding hydrogens is 287 g/mol. The molecule has 1 unspecified atom stereocenters. The van der Waals surface area contributed by atoms with Crippen molar-refractivity contribution in [3.05, 3.63) is 34.6 Å². The van der Waals surface area contributed by atoms with Crippen molar-refractivity contribution in [1.29, 1.82) is 0 Å². The Morgan fingerprint density at radius 2 is 2.00 bits per heavy atom. The fraction of sp³-hybridized carbons (Fsp3) is 0.438. The zero-order valence-electron chi connectivity index (χ0n) is 12.5. The third kappa shape index (κ3) is 2.19. The molecule has 5 nitrogen and oxygen atoms in total. The van der Waals surface area contributed by atoms with E-state index in [-0.39, 0.29) is 30.7 Å². The van der Waals surface area contributed by atoms with Crippen molar-refractivity contribution in [2.24, 2.45) is 0 Å². The number of amides is 3. The van der Waals surface area contributed by atoms with Crippen LogP contribution in [-0.4, -0.2) is 28.7 Å². The van der Waals surface area contributed by atoms with Crippen molar-refractivity contribution >= 4 is 17.7 Å². The number of piperidine rings is 1. The van der Waals surface area contributed by atoms with E-state index < -0.39 is 17.8 Å². The Bertz CT molecular complexity index is 684. The maximum atomic E-state index is 14.1. The van der Waals surface area contributed by atoms with Crippen LogP contribution in [-0.2, 0) is 16.1 Å². The molecule has 2 aliphatic heterocycles. The molecule has 1 saturated heterocycles. The van der Waals surface area contributed by atoms with E-state index in [1.807, 2.05) is 13.8 Å². The van der Waals surface area contributed by atoms with Gasteiger partial charge in [0.25, 0.3) is 5.91 Å². The molecular formula is C16H17FN2O3. The van der Waals surface area contributed by atoms with E-state index in [0.29, 0.717) is 17.5 Å². The van der Waals surface area contributed by atoms with Crippen molar-refractivity contribution < 1.29 is 18.8 Å². The SMILES string of the molecule is CC(C)c1c(F)ccc2c1C(=O)N(C1CCC(=O)NC1=O)C2. The number of nitrogens with one attached hydrogen (secondary N) is 1. The second-order valence-electron chi connectivity index (χ2n) is 6.05. The van der Waals surface area contributed by atoms with Gasteiger partial charge < -0.3 is 4.90 Å². The molecule has 116 valence electrons. The molecule has 0 aliphatic carbocycles. The van der Waals surface area contributed by atoms with E-state index >= 15 is 0 Å². The van der Waals surface area contributed by atoms with E-state index in [4.69, 9.17) is 0 Å². The summed E-state index contributed by atoms with van der Waals surface area (Å²) in [5.41, 5.74) is 1.51. The van der Waals surface area contributed by atoms with Crippen LogP contribution in [0.15, 0.2) is 12.1 Å². The Kier molecular flexibility index (Phi) is 3.47. The second kappa shape index (κ2) is 5.19. The van der Waals surface area contributed by atoms with Crippen LogP contribution in [0.1, 0.15) is 54.1 Å². The third-order valence-electron chi connectivity index (χ3n) is 4.26. The predicted molar refractivity (Wildman–Crippen MR) is 76.5 cm³/mol. The average molecular weight is 304 g/mol. The molecule has 0 aromatic heterocycles. The largest absolute Gasteiger partial charge is 0.322 e. The molecule has 2 heterocycles. The van der Waals surface area contributed by atoms with E-state index in [9.17, 15) is 18.8 Å². The monoisotopic (exact) mass is 304 g/mol. The lowest BCUT2D eigenvalue weighted by molar-refractivity contribution is -0.136. The molecule has 2 aliphatic rings. The maximum absolute atomic E-state index is 14.1. The van der Waals surface area contributed by atoms with E-state index in [2.05, 4.69) is 5.32 Å². The number of imide groups is 1. The molecule has 3 amide bonds. The van der Waals surface area contributed by atoms with Crippen LogP contribution in [0.4, 0.5) is 4.39 Å². The van der Waals surface area contributed by atoms with Gasteiger partial charge in [0.15, 0.2) is 0 Å². The first-order chi connectivity index (χ1) is 10.4. The second-order valence-corrected chi connectivity index (χ2v) is 6.05. The van der Waals surface area contributed by atoms with Crippen LogP contribution in [0.25, 0.3) is 0 Å². The minimum atomic E-state index is -0.666. The highest BCUT2D eigenvalue weighted by atomic mass is 19.1. The molecule has 0 radical (unpaired) electrons. The standard InChI is InChI=1S/C16H17FN2O3/c1-8(2)13-10(17)4-3-9-7-19(16(22)14(9)13)11-5-6-12(20)18-15(11)21/h3-4,8,11H,5-7H2,1-2H3,(H,18,20,21). The minimum Gasteiger partial charge on any atom is -0.322 e. The molecule has 1 fully saturated rings. The fourth-order valence-electron chi connectivity index (χ4n) is 3.22. The average Bonchev–Trinajstić information content (AvgIpc) is 2.76. The summed E-state index contributed by atoms with van der Waals surface area (Å²) < 4.78 is 14.1. The Morgan fingerprint density at radius 1 is 1.27 bits per heavy atom. The van der Waals surface area contributed by atoms with Gasteiger partial charge in [-0.25, -0.2) is 4.39 Å². The number of hydrogen-bond donors (Lipinski definition) is 1. The zero-order valence-corrected chi connectivity index (χ0v) is 12.5. The van der Waals surface area contributed by atoms with Gasteiger partial charge in [-0.15, -0.1) is 0 Å². The number of benzene rings is 1. The van der Waals surface area contributed by atoms with Gasteiger partial charge in [-0.3, -0.25) is 19.7 Å². The minimum absolute atomic E-state index is 0.124. The lowest BCUT2D eigenvalue weighted by atomic mass is 9.94. The van der Waals surface area contributed by atoms with Crippen LogP contribution < -0.4 is 5.32 Å². The topological polar surface area (TPSA) is 66.5 Å². The number of hydrogen-bond acceptors (Lipinski definition) is 3. The van der Waals surface area contributed by atoms with Gasteiger partial charge in [-0.1, -0.05) is 19.9 Å². The molecule has 1 N–H and O–H groups in total. The molecule has 0 bridgehead atoms. The lowest BCUT2D eigenvalue weighted by Crippen LogP contribution is -2.52. The molecule has 1 aromatic carbocycles. The zero-order chi connectivity index (χ0) is 16.0. The fourth-order valence-corrected chi connectivity index (χ4v) is 3.22. The summed E-state index contributed by atoms with van der Waals surface area (Å²) in [5, 5.41) is 2.26. The van der Waals surface area contributed by atoms with E-state index in [1.54, 1.807) is 6.07 Å². The Balaban J connectivity index is 1.97. The summed E-state index contributed by atoms with van der Waals surface area (Å²) in [6.45, 7) is 3.95. The number of nitrogens with zero attached hydrogens (tertiary/aromatic N) is 1. The first-order valence-electron chi connectivity index (χ1n) is 7.36. The van der Waals surface area contributed by atoms with Crippen molar-refractivity contribution in [3.8, 4) is 0 Å². The van der Waals surface area contributed by atoms with Crippen molar-refractivity contribution in [2.75, 3.05) is 0 Å². The summed E-state index contributed by atoms with van der Waals surface area (Å²) in [4.78, 5) is 37.3. The van der Waals surface area contributed by atoms with Crippen LogP contribution in [0.5, 0.6) is 0 Å². The van der Waals surface area contributed by atoms with Gasteiger partial charge in [0, 0.05) is 18.5 Å². The molecule has 6 heteroatoms. The molecule has 0 saturated carbocycles. The quantitative estimate of drug-likeness (QED) is 0.846. The van der Waals surface area contributed by atoms with Gasteiger partial charge in [0.2, 0.25) is 11.8 Å². The number of halogens is 1. The molecule has 0 spiro atoms. The maximum Gasteiger partial charge on any atom is 0.255 e. The normalized spacial score (nSPS) is 21.4. The van der Waals surface area contributed by atoms with Crippen LogP contribution in [0.3, 0.4) is 0 Å². The highest BCUT2D eigenvalue weighted by Crippen LogP contribution is 2.34. The summed E-state index contributed by atoms with van der Waals surface area (Å²) in [7, 11) is 0. The summed E-state index contributed by atoms with van der Waals surface area (Å²) in [6, 6.07) is 2.30. The Labute approximate surface area is 127 Å². The summed E-state index contributed by atoms with van der Waals surface area (Å²) >= 11 is 0. The van der Waals surface area contributed by atoms with Crippen molar-refractivity contribution in [2.45, 2.75) is 45.2 Å². The highest BCUT2D eigenvalue weighted by Gasteiger charge is 2.40. The van der Waals surface area contributed by atoms with Gasteiger partial charge in [-0.2, -0.15) is 0 Å². The van der Waals surface area contributed by atoms with Crippen molar-refractivity contribution in [3.63, 3.8) is 0 Å². The number of fused-ring (bicyclic) bond motifs is 1. The Morgan fingerprint density at radius 3 is 2.64 bits per heavy atom. The number of carbonyl (C=O) groups is 3. The lowest BCUT2D eigenvalue weighted by Gasteiger charge is -2.29. The van der Waals surface area contributed by atoms with Gasteiger partial charge in [0.05, 0.1) is 5.56 Å². The van der Waals surface area contributed by atoms with Crippen molar-refractivity contribution in [1.82, 2.24) is 10.2 Å². The number of carbonyl (C=O) groups excluding carboxylic acids is 3. The first-order valence-corrected chi connectivity index (χ1v) is 7.36. The first kappa shape index (κ1) is 14.7.